The SMILES string of the molecule is c1ccc2c(c1)CC1c3ccccc3SC21. The van der Waals surface area contributed by atoms with Gasteiger partial charge in [-0.2, -0.15) is 0 Å². The van der Waals surface area contributed by atoms with Crippen LogP contribution in [0.1, 0.15) is 27.9 Å². The van der Waals surface area contributed by atoms with Gasteiger partial charge < -0.3 is 0 Å². The third-order valence-electron chi connectivity index (χ3n) is 3.74. The fourth-order valence-corrected chi connectivity index (χ4v) is 4.56. The topological polar surface area (TPSA) is 0 Å². The number of thioether (sulfide) groups is 1. The summed E-state index contributed by atoms with van der Waals surface area (Å²) in [4.78, 5) is 1.49. The number of hydrogen-bond donors (Lipinski definition) is 0. The Kier molecular flexibility index (Phi) is 1.75. The van der Waals surface area contributed by atoms with Gasteiger partial charge in [-0.05, 0) is 29.2 Å². The van der Waals surface area contributed by atoms with Crippen molar-refractivity contribution in [2.45, 2.75) is 22.5 Å². The second kappa shape index (κ2) is 3.14. The average molecular weight is 224 g/mol. The van der Waals surface area contributed by atoms with Gasteiger partial charge in [-0.3, -0.25) is 0 Å². The number of benzene rings is 2. The first-order chi connectivity index (χ1) is 7.93. The van der Waals surface area contributed by atoms with Gasteiger partial charge in [-0.25, -0.2) is 0 Å². The Morgan fingerprint density at radius 1 is 0.875 bits per heavy atom. The summed E-state index contributed by atoms with van der Waals surface area (Å²) in [5, 5.41) is 0.675. The molecule has 0 aromatic heterocycles. The van der Waals surface area contributed by atoms with Crippen molar-refractivity contribution >= 4 is 11.8 Å². The highest BCUT2D eigenvalue weighted by Gasteiger charge is 2.39. The third-order valence-corrected chi connectivity index (χ3v) is 5.20. The summed E-state index contributed by atoms with van der Waals surface area (Å²) in [6.07, 6.45) is 1.23. The van der Waals surface area contributed by atoms with Crippen LogP contribution in [-0.2, 0) is 6.42 Å². The molecule has 2 unspecified atom stereocenters. The minimum absolute atomic E-state index is 0.675. The summed E-state index contributed by atoms with van der Waals surface area (Å²) in [6, 6.07) is 17.8. The Labute approximate surface area is 99.7 Å². The first-order valence-electron chi connectivity index (χ1n) is 5.77. The molecule has 1 heteroatoms. The summed E-state index contributed by atoms with van der Waals surface area (Å²) in [5.74, 6) is 0.721. The van der Waals surface area contributed by atoms with Crippen LogP contribution in [0.15, 0.2) is 53.4 Å². The van der Waals surface area contributed by atoms with E-state index in [-0.39, 0.29) is 0 Å². The van der Waals surface area contributed by atoms with Gasteiger partial charge in [0.05, 0.1) is 0 Å². The van der Waals surface area contributed by atoms with E-state index in [1.165, 1.54) is 11.3 Å². The molecule has 0 spiro atoms. The summed E-state index contributed by atoms with van der Waals surface area (Å²) in [5.41, 5.74) is 4.68. The van der Waals surface area contributed by atoms with Crippen LogP contribution in [0.5, 0.6) is 0 Å². The minimum atomic E-state index is 0.675. The van der Waals surface area contributed by atoms with Gasteiger partial charge in [0, 0.05) is 16.1 Å². The predicted octanol–water partition coefficient (Wildman–Crippen LogP) is 4.17. The standard InChI is InChI=1S/C15H12S/c1-2-6-11-10(5-1)9-13-12-7-3-4-8-14(12)16-15(11)13/h1-8,13,15H,9H2. The molecule has 0 bridgehead atoms. The molecule has 16 heavy (non-hydrogen) atoms. The molecule has 78 valence electrons. The first kappa shape index (κ1) is 8.89. The van der Waals surface area contributed by atoms with Gasteiger partial charge in [-0.1, -0.05) is 42.5 Å². The van der Waals surface area contributed by atoms with Crippen LogP contribution in [0.25, 0.3) is 0 Å². The van der Waals surface area contributed by atoms with Crippen molar-refractivity contribution in [2.24, 2.45) is 0 Å². The van der Waals surface area contributed by atoms with Crippen molar-refractivity contribution in [2.75, 3.05) is 0 Å². The predicted molar refractivity (Wildman–Crippen MR) is 67.9 cm³/mol. The molecule has 2 aromatic carbocycles. The number of fused-ring (bicyclic) bond motifs is 5. The van der Waals surface area contributed by atoms with Crippen LogP contribution >= 0.6 is 11.8 Å². The van der Waals surface area contributed by atoms with Gasteiger partial charge in [0.1, 0.15) is 0 Å². The molecular weight excluding hydrogens is 212 g/mol. The molecule has 2 aromatic rings. The number of rotatable bonds is 0. The van der Waals surface area contributed by atoms with E-state index < -0.39 is 0 Å². The lowest BCUT2D eigenvalue weighted by Crippen LogP contribution is -1.95. The monoisotopic (exact) mass is 224 g/mol. The molecule has 4 rings (SSSR count). The molecule has 0 nitrogen and oxygen atoms in total. The van der Waals surface area contributed by atoms with Crippen LogP contribution in [0.4, 0.5) is 0 Å². The quantitative estimate of drug-likeness (QED) is 0.647. The maximum atomic E-state index is 2.30. The van der Waals surface area contributed by atoms with Crippen LogP contribution in [0, 0.1) is 0 Å². The lowest BCUT2D eigenvalue weighted by molar-refractivity contribution is 0.735. The zero-order chi connectivity index (χ0) is 10.5. The normalized spacial score (nSPS) is 25.0. The second-order valence-corrected chi connectivity index (χ2v) is 5.77. The Hall–Kier alpha value is -1.21. The fraction of sp³-hybridized carbons (Fsp3) is 0.200. The first-order valence-corrected chi connectivity index (χ1v) is 6.65. The van der Waals surface area contributed by atoms with Crippen molar-refractivity contribution in [3.63, 3.8) is 0 Å². The van der Waals surface area contributed by atoms with E-state index in [1.807, 2.05) is 11.8 Å². The third kappa shape index (κ3) is 1.07. The summed E-state index contributed by atoms with van der Waals surface area (Å²) in [7, 11) is 0. The van der Waals surface area contributed by atoms with E-state index in [9.17, 15) is 0 Å². The van der Waals surface area contributed by atoms with E-state index in [0.717, 1.165) is 5.92 Å². The molecule has 0 radical (unpaired) electrons. The second-order valence-electron chi connectivity index (χ2n) is 4.59. The fourth-order valence-electron chi connectivity index (χ4n) is 3.01. The lowest BCUT2D eigenvalue weighted by atomic mass is 9.96. The van der Waals surface area contributed by atoms with Crippen LogP contribution in [-0.4, -0.2) is 0 Å². The van der Waals surface area contributed by atoms with Crippen molar-refractivity contribution in [3.05, 3.63) is 65.2 Å². The van der Waals surface area contributed by atoms with Crippen LogP contribution < -0.4 is 0 Å². The van der Waals surface area contributed by atoms with Crippen LogP contribution in [0.2, 0.25) is 0 Å². The molecule has 0 saturated heterocycles. The average Bonchev–Trinajstić information content (AvgIpc) is 2.85. The Balaban J connectivity index is 1.86. The smallest absolute Gasteiger partial charge is 0.0419 e. The molecule has 0 amide bonds. The molecule has 0 N–H and O–H groups in total. The molecule has 1 heterocycles. The highest BCUT2D eigenvalue weighted by atomic mass is 32.2. The van der Waals surface area contributed by atoms with E-state index in [4.69, 9.17) is 0 Å². The van der Waals surface area contributed by atoms with E-state index in [1.54, 1.807) is 16.7 Å². The molecule has 0 fully saturated rings. The summed E-state index contributed by atoms with van der Waals surface area (Å²) < 4.78 is 0. The van der Waals surface area contributed by atoms with E-state index in [0.29, 0.717) is 5.25 Å². The number of hydrogen-bond acceptors (Lipinski definition) is 1. The lowest BCUT2D eigenvalue weighted by Gasteiger charge is -2.08. The highest BCUT2D eigenvalue weighted by Crippen LogP contribution is 2.59. The molecule has 2 aliphatic rings. The molecule has 2 atom stereocenters. The highest BCUT2D eigenvalue weighted by molar-refractivity contribution is 8.00. The van der Waals surface area contributed by atoms with Crippen molar-refractivity contribution in [3.8, 4) is 0 Å². The molecule has 0 saturated carbocycles. The Morgan fingerprint density at radius 2 is 1.62 bits per heavy atom. The zero-order valence-electron chi connectivity index (χ0n) is 8.89. The Morgan fingerprint density at radius 3 is 2.56 bits per heavy atom. The minimum Gasteiger partial charge on any atom is -0.117 e. The zero-order valence-corrected chi connectivity index (χ0v) is 9.71. The summed E-state index contributed by atoms with van der Waals surface area (Å²) in [6.45, 7) is 0. The van der Waals surface area contributed by atoms with Gasteiger partial charge in [0.15, 0.2) is 0 Å². The maximum Gasteiger partial charge on any atom is 0.0419 e. The van der Waals surface area contributed by atoms with E-state index in [2.05, 4.69) is 48.5 Å². The van der Waals surface area contributed by atoms with E-state index >= 15 is 0 Å². The van der Waals surface area contributed by atoms with Crippen molar-refractivity contribution in [1.29, 1.82) is 0 Å². The van der Waals surface area contributed by atoms with Crippen molar-refractivity contribution < 1.29 is 0 Å². The molecule has 1 aliphatic heterocycles. The summed E-state index contributed by atoms with van der Waals surface area (Å²) >= 11 is 2.05. The van der Waals surface area contributed by atoms with Gasteiger partial charge in [0.2, 0.25) is 0 Å². The maximum absolute atomic E-state index is 2.30. The Bertz CT molecular complexity index is 507. The van der Waals surface area contributed by atoms with Crippen molar-refractivity contribution in [1.82, 2.24) is 0 Å². The molecular formula is C15H12S. The van der Waals surface area contributed by atoms with Gasteiger partial charge >= 0.3 is 0 Å². The van der Waals surface area contributed by atoms with Crippen LogP contribution in [0.3, 0.4) is 0 Å². The molecule has 1 aliphatic carbocycles. The van der Waals surface area contributed by atoms with Gasteiger partial charge in [0.25, 0.3) is 0 Å². The van der Waals surface area contributed by atoms with Gasteiger partial charge in [-0.15, -0.1) is 11.8 Å². The largest absolute Gasteiger partial charge is 0.117 e.